The van der Waals surface area contributed by atoms with Crippen LogP contribution in [-0.4, -0.2) is 46.3 Å². The van der Waals surface area contributed by atoms with Crippen molar-refractivity contribution in [1.29, 1.82) is 0 Å². The average Bonchev–Trinajstić information content (AvgIpc) is 2.45. The number of nitrogens with zero attached hydrogens (tertiary/aromatic N) is 1. The summed E-state index contributed by atoms with van der Waals surface area (Å²) in [6, 6.07) is 5.54. The van der Waals surface area contributed by atoms with Crippen LogP contribution >= 0.6 is 0 Å². The van der Waals surface area contributed by atoms with E-state index in [0.717, 1.165) is 5.56 Å². The number of rotatable bonds is 1. The summed E-state index contributed by atoms with van der Waals surface area (Å²) >= 11 is 0. The molecule has 1 aliphatic rings. The second-order valence-electron chi connectivity index (χ2n) is 5.80. The number of piperidine rings is 1. The molecule has 0 spiro atoms. The van der Waals surface area contributed by atoms with E-state index >= 15 is 0 Å². The van der Waals surface area contributed by atoms with Crippen molar-refractivity contribution in [2.24, 2.45) is 0 Å². The van der Waals surface area contributed by atoms with E-state index in [-0.39, 0.29) is 12.5 Å². The molecule has 1 aliphatic heterocycles. The quantitative estimate of drug-likeness (QED) is 0.766. The molecule has 1 aromatic rings. The molecule has 112 valence electrons. The van der Waals surface area contributed by atoms with Crippen LogP contribution in [0.2, 0.25) is 0 Å². The van der Waals surface area contributed by atoms with Crippen molar-refractivity contribution in [3.63, 3.8) is 0 Å². The summed E-state index contributed by atoms with van der Waals surface area (Å²) in [5.41, 5.74) is 1.52. The van der Waals surface area contributed by atoms with Crippen LogP contribution in [0.1, 0.15) is 41.3 Å². The molecule has 2 rings (SSSR count). The number of benzene rings is 1. The highest BCUT2D eigenvalue weighted by molar-refractivity contribution is 5.97. The number of carbonyl (C=O) groups is 1. The molecule has 1 aromatic carbocycles. The molecule has 0 unspecified atom stereocenters. The van der Waals surface area contributed by atoms with Crippen molar-refractivity contribution < 1.29 is 15.0 Å². The Morgan fingerprint density at radius 1 is 1.38 bits per heavy atom. The second-order valence-corrected chi connectivity index (χ2v) is 5.80. The first-order valence-corrected chi connectivity index (χ1v) is 7.15. The smallest absolute Gasteiger partial charge is 0.255 e. The minimum absolute atomic E-state index is 0.0589. The van der Waals surface area contributed by atoms with Crippen molar-refractivity contribution in [2.45, 2.75) is 32.3 Å². The number of aliphatic hydroxyl groups excluding tert-OH is 1. The van der Waals surface area contributed by atoms with Crippen LogP contribution in [0.15, 0.2) is 18.2 Å². The van der Waals surface area contributed by atoms with Crippen molar-refractivity contribution in [3.8, 4) is 11.8 Å². The standard InChI is InChI=1S/C17H21NO3/c1-13-5-6-14(4-3-11-19)15(12-13)16(20)18-9-7-17(2,21)8-10-18/h5-6,12,19,21H,7-11H2,1-2H3. The summed E-state index contributed by atoms with van der Waals surface area (Å²) in [4.78, 5) is 14.4. The lowest BCUT2D eigenvalue weighted by Gasteiger charge is -2.36. The highest BCUT2D eigenvalue weighted by atomic mass is 16.3. The van der Waals surface area contributed by atoms with Gasteiger partial charge in [0.1, 0.15) is 6.61 Å². The molecule has 2 N–H and O–H groups in total. The maximum Gasteiger partial charge on any atom is 0.255 e. The third-order valence-electron chi connectivity index (χ3n) is 3.84. The van der Waals surface area contributed by atoms with Gasteiger partial charge in [0.05, 0.1) is 11.2 Å². The first kappa shape index (κ1) is 15.6. The average molecular weight is 287 g/mol. The molecule has 0 bridgehead atoms. The van der Waals surface area contributed by atoms with Gasteiger partial charge < -0.3 is 15.1 Å². The molecular weight excluding hydrogens is 266 g/mol. The van der Waals surface area contributed by atoms with E-state index < -0.39 is 5.60 Å². The van der Waals surface area contributed by atoms with Crippen LogP contribution in [0.5, 0.6) is 0 Å². The molecule has 0 saturated carbocycles. The number of hydrogen-bond donors (Lipinski definition) is 2. The molecule has 1 fully saturated rings. The number of aryl methyl sites for hydroxylation is 1. The zero-order valence-electron chi connectivity index (χ0n) is 12.5. The SMILES string of the molecule is Cc1ccc(C#CCO)c(C(=O)N2CCC(C)(O)CC2)c1. The molecule has 1 amide bonds. The molecule has 0 atom stereocenters. The Morgan fingerprint density at radius 3 is 2.67 bits per heavy atom. The van der Waals surface area contributed by atoms with Crippen LogP contribution in [0.4, 0.5) is 0 Å². The van der Waals surface area contributed by atoms with Gasteiger partial charge in [-0.3, -0.25) is 4.79 Å². The third kappa shape index (κ3) is 3.84. The molecular formula is C17H21NO3. The van der Waals surface area contributed by atoms with Crippen LogP contribution < -0.4 is 0 Å². The maximum absolute atomic E-state index is 12.7. The van der Waals surface area contributed by atoms with Crippen molar-refractivity contribution >= 4 is 5.91 Å². The molecule has 1 heterocycles. The number of carbonyl (C=O) groups excluding carboxylic acids is 1. The summed E-state index contributed by atoms with van der Waals surface area (Å²) in [6.45, 7) is 4.61. The van der Waals surface area contributed by atoms with Gasteiger partial charge in [-0.05, 0) is 38.8 Å². The van der Waals surface area contributed by atoms with Crippen LogP contribution in [0, 0.1) is 18.8 Å². The van der Waals surface area contributed by atoms with Gasteiger partial charge in [0.25, 0.3) is 5.91 Å². The first-order valence-electron chi connectivity index (χ1n) is 7.15. The summed E-state index contributed by atoms with van der Waals surface area (Å²) in [6.07, 6.45) is 1.17. The van der Waals surface area contributed by atoms with Gasteiger partial charge in [0.2, 0.25) is 0 Å². The Balaban J connectivity index is 2.24. The predicted octanol–water partition coefficient (Wildman–Crippen LogP) is 1.33. The van der Waals surface area contributed by atoms with E-state index in [2.05, 4.69) is 11.8 Å². The molecule has 1 saturated heterocycles. The summed E-state index contributed by atoms with van der Waals surface area (Å²) in [5.74, 6) is 5.36. The zero-order valence-corrected chi connectivity index (χ0v) is 12.5. The number of aliphatic hydroxyl groups is 2. The van der Waals surface area contributed by atoms with Gasteiger partial charge in [0, 0.05) is 18.7 Å². The van der Waals surface area contributed by atoms with Crippen LogP contribution in [-0.2, 0) is 0 Å². The first-order chi connectivity index (χ1) is 9.93. The van der Waals surface area contributed by atoms with E-state index in [1.165, 1.54) is 0 Å². The van der Waals surface area contributed by atoms with Gasteiger partial charge in [-0.15, -0.1) is 0 Å². The Kier molecular flexibility index (Phi) is 4.66. The molecule has 0 aliphatic carbocycles. The van der Waals surface area contributed by atoms with Crippen molar-refractivity contribution in [3.05, 3.63) is 34.9 Å². The van der Waals surface area contributed by atoms with Gasteiger partial charge in [-0.1, -0.05) is 23.5 Å². The Bertz CT molecular complexity index is 586. The predicted molar refractivity (Wildman–Crippen MR) is 80.9 cm³/mol. The lowest BCUT2D eigenvalue weighted by molar-refractivity contribution is -0.00203. The summed E-state index contributed by atoms with van der Waals surface area (Å²) in [7, 11) is 0. The van der Waals surface area contributed by atoms with Crippen molar-refractivity contribution in [1.82, 2.24) is 4.90 Å². The lowest BCUT2D eigenvalue weighted by atomic mass is 9.93. The summed E-state index contributed by atoms with van der Waals surface area (Å²) < 4.78 is 0. The third-order valence-corrected chi connectivity index (χ3v) is 3.84. The van der Waals surface area contributed by atoms with E-state index in [1.807, 2.05) is 25.1 Å². The molecule has 0 radical (unpaired) electrons. The fourth-order valence-corrected chi connectivity index (χ4v) is 2.44. The van der Waals surface area contributed by atoms with Gasteiger partial charge in [-0.2, -0.15) is 0 Å². The van der Waals surface area contributed by atoms with Crippen LogP contribution in [0.25, 0.3) is 0 Å². The van der Waals surface area contributed by atoms with Crippen molar-refractivity contribution in [2.75, 3.05) is 19.7 Å². The highest BCUT2D eigenvalue weighted by Gasteiger charge is 2.30. The number of hydrogen-bond acceptors (Lipinski definition) is 3. The highest BCUT2D eigenvalue weighted by Crippen LogP contribution is 2.23. The van der Waals surface area contributed by atoms with Gasteiger partial charge >= 0.3 is 0 Å². The minimum Gasteiger partial charge on any atom is -0.390 e. The number of likely N-dealkylation sites (tertiary alicyclic amines) is 1. The zero-order chi connectivity index (χ0) is 15.5. The van der Waals surface area contributed by atoms with Crippen LogP contribution in [0.3, 0.4) is 0 Å². The van der Waals surface area contributed by atoms with E-state index in [0.29, 0.717) is 37.1 Å². The van der Waals surface area contributed by atoms with E-state index in [9.17, 15) is 9.90 Å². The molecule has 0 aromatic heterocycles. The van der Waals surface area contributed by atoms with E-state index in [4.69, 9.17) is 5.11 Å². The normalized spacial score (nSPS) is 17.0. The van der Waals surface area contributed by atoms with Gasteiger partial charge in [0.15, 0.2) is 0 Å². The second kappa shape index (κ2) is 6.30. The largest absolute Gasteiger partial charge is 0.390 e. The lowest BCUT2D eigenvalue weighted by Crippen LogP contribution is -2.45. The molecule has 21 heavy (non-hydrogen) atoms. The Labute approximate surface area is 125 Å². The Morgan fingerprint density at radius 2 is 2.05 bits per heavy atom. The van der Waals surface area contributed by atoms with Gasteiger partial charge in [-0.25, -0.2) is 0 Å². The summed E-state index contributed by atoms with van der Waals surface area (Å²) in [5, 5.41) is 18.8. The van der Waals surface area contributed by atoms with E-state index in [1.54, 1.807) is 11.8 Å². The number of amides is 1. The Hall–Kier alpha value is -1.83. The molecule has 4 nitrogen and oxygen atoms in total. The maximum atomic E-state index is 12.7. The monoisotopic (exact) mass is 287 g/mol. The minimum atomic E-state index is -0.678. The fourth-order valence-electron chi connectivity index (χ4n) is 2.44. The molecule has 4 heteroatoms. The topological polar surface area (TPSA) is 60.8 Å². The fraction of sp³-hybridized carbons (Fsp3) is 0.471.